The zero-order valence-corrected chi connectivity index (χ0v) is 16.2. The van der Waals surface area contributed by atoms with Crippen molar-refractivity contribution in [1.29, 1.82) is 0 Å². The molecule has 1 aromatic heterocycles. The van der Waals surface area contributed by atoms with Crippen molar-refractivity contribution in [3.05, 3.63) is 66.2 Å². The molecule has 1 aliphatic heterocycles. The second-order valence-electron chi connectivity index (χ2n) is 6.97. The first kappa shape index (κ1) is 19.5. The maximum atomic E-state index is 13.1. The minimum Gasteiger partial charge on any atom is -0.494 e. The predicted octanol–water partition coefficient (Wildman–Crippen LogP) is 2.04. The molecule has 0 saturated carbocycles. The quantitative estimate of drug-likeness (QED) is 0.472. The molecule has 1 aliphatic rings. The summed E-state index contributed by atoms with van der Waals surface area (Å²) >= 11 is 0. The maximum absolute atomic E-state index is 13.1. The van der Waals surface area contributed by atoms with E-state index in [0.29, 0.717) is 23.4 Å². The van der Waals surface area contributed by atoms with Gasteiger partial charge in [0.2, 0.25) is 0 Å². The van der Waals surface area contributed by atoms with E-state index in [0.717, 1.165) is 0 Å². The Balaban J connectivity index is 1.41. The second-order valence-corrected chi connectivity index (χ2v) is 6.97. The van der Waals surface area contributed by atoms with Crippen molar-refractivity contribution in [2.24, 2.45) is 0 Å². The molecule has 154 valence electrons. The lowest BCUT2D eigenvalue weighted by molar-refractivity contribution is -0.131. The van der Waals surface area contributed by atoms with E-state index in [4.69, 9.17) is 4.74 Å². The normalized spacial score (nSPS) is 18.5. The van der Waals surface area contributed by atoms with Gasteiger partial charge >= 0.3 is 6.03 Å². The molecule has 0 unspecified atom stereocenters. The van der Waals surface area contributed by atoms with Crippen LogP contribution in [0.2, 0.25) is 0 Å². The predicted molar refractivity (Wildman–Crippen MR) is 103 cm³/mol. The topological polar surface area (TPSA) is 102 Å². The highest BCUT2D eigenvalue weighted by atomic mass is 19.1. The number of imide groups is 1. The summed E-state index contributed by atoms with van der Waals surface area (Å²) in [5.41, 5.74) is 0.102. The summed E-state index contributed by atoms with van der Waals surface area (Å²) in [7, 11) is 0. The highest BCUT2D eigenvalue weighted by Gasteiger charge is 2.48. The molecular weight excluding hydrogens is 391 g/mol. The number of tetrazole rings is 1. The van der Waals surface area contributed by atoms with Crippen molar-refractivity contribution in [2.75, 3.05) is 13.2 Å². The number of nitrogens with one attached hydrogen (secondary N) is 1. The highest BCUT2D eigenvalue weighted by Crippen LogP contribution is 2.30. The Bertz CT molecular complexity index is 1060. The van der Waals surface area contributed by atoms with Crippen LogP contribution in [0.25, 0.3) is 5.69 Å². The molecule has 0 bridgehead atoms. The molecule has 0 aliphatic carbocycles. The van der Waals surface area contributed by atoms with Crippen LogP contribution < -0.4 is 10.1 Å². The summed E-state index contributed by atoms with van der Waals surface area (Å²) in [5.74, 6) is -0.161. The monoisotopic (exact) mass is 410 g/mol. The second kappa shape index (κ2) is 7.90. The maximum Gasteiger partial charge on any atom is 0.325 e. The molecule has 0 radical (unpaired) electrons. The SMILES string of the molecule is C[C@]1(c2cccc(-n3cnnn3)c2)NC(=O)N(CCCOc2ccc(F)cc2)C1=O. The summed E-state index contributed by atoms with van der Waals surface area (Å²) in [4.78, 5) is 26.7. The van der Waals surface area contributed by atoms with Gasteiger partial charge in [0.15, 0.2) is 0 Å². The molecule has 0 spiro atoms. The van der Waals surface area contributed by atoms with Gasteiger partial charge in [-0.1, -0.05) is 12.1 Å². The lowest BCUT2D eigenvalue weighted by atomic mass is 9.91. The Hall–Kier alpha value is -3.82. The molecule has 9 nitrogen and oxygen atoms in total. The smallest absolute Gasteiger partial charge is 0.325 e. The van der Waals surface area contributed by atoms with Gasteiger partial charge in [0.05, 0.1) is 12.3 Å². The Labute approximate surface area is 171 Å². The standard InChI is InChI=1S/C20H19FN6O3/c1-20(14-4-2-5-16(12-14)27-13-22-24-25-27)18(28)26(19(29)23-20)10-3-11-30-17-8-6-15(21)7-9-17/h2,4-9,12-13H,3,10-11H2,1H3,(H,23,29)/t20-/m1/s1. The first-order valence-corrected chi connectivity index (χ1v) is 9.34. The number of hydrogen-bond acceptors (Lipinski definition) is 6. The summed E-state index contributed by atoms with van der Waals surface area (Å²) in [6.45, 7) is 2.16. The van der Waals surface area contributed by atoms with Crippen LogP contribution in [0.3, 0.4) is 0 Å². The van der Waals surface area contributed by atoms with E-state index in [2.05, 4.69) is 20.8 Å². The molecule has 3 amide bonds. The van der Waals surface area contributed by atoms with Gasteiger partial charge in [-0.25, -0.2) is 13.9 Å². The van der Waals surface area contributed by atoms with E-state index < -0.39 is 11.6 Å². The third-order valence-corrected chi connectivity index (χ3v) is 4.92. The summed E-state index contributed by atoms with van der Waals surface area (Å²) < 4.78 is 19.9. The lowest BCUT2D eigenvalue weighted by Gasteiger charge is -2.22. The molecule has 3 aromatic rings. The van der Waals surface area contributed by atoms with Crippen molar-refractivity contribution in [3.8, 4) is 11.4 Å². The van der Waals surface area contributed by atoms with E-state index in [1.54, 1.807) is 31.2 Å². The van der Waals surface area contributed by atoms with Crippen LogP contribution in [0.1, 0.15) is 18.9 Å². The zero-order valence-electron chi connectivity index (χ0n) is 16.2. The van der Waals surface area contributed by atoms with Crippen LogP contribution in [-0.2, 0) is 10.3 Å². The molecular formula is C20H19FN6O3. The first-order chi connectivity index (χ1) is 14.5. The number of nitrogens with zero attached hydrogens (tertiary/aromatic N) is 5. The average molecular weight is 410 g/mol. The molecule has 1 saturated heterocycles. The summed E-state index contributed by atoms with van der Waals surface area (Å²) in [5, 5.41) is 13.8. The Morgan fingerprint density at radius 1 is 1.17 bits per heavy atom. The number of hydrogen-bond donors (Lipinski definition) is 1. The van der Waals surface area contributed by atoms with Crippen LogP contribution in [0, 0.1) is 5.82 Å². The number of carbonyl (C=O) groups is 2. The van der Waals surface area contributed by atoms with Crippen molar-refractivity contribution in [2.45, 2.75) is 18.9 Å². The van der Waals surface area contributed by atoms with Crippen LogP contribution in [0.15, 0.2) is 54.9 Å². The number of urea groups is 1. The number of halogens is 1. The Morgan fingerprint density at radius 3 is 2.70 bits per heavy atom. The minimum absolute atomic E-state index is 0.203. The average Bonchev–Trinajstić information content (AvgIpc) is 3.36. The number of rotatable bonds is 7. The fourth-order valence-corrected chi connectivity index (χ4v) is 3.28. The molecule has 1 N–H and O–H groups in total. The number of ether oxygens (including phenoxy) is 1. The van der Waals surface area contributed by atoms with Crippen LogP contribution in [0.5, 0.6) is 5.75 Å². The van der Waals surface area contributed by atoms with Crippen LogP contribution in [-0.4, -0.2) is 50.2 Å². The van der Waals surface area contributed by atoms with Gasteiger partial charge in [-0.15, -0.1) is 5.10 Å². The van der Waals surface area contributed by atoms with Gasteiger partial charge in [0.25, 0.3) is 5.91 Å². The van der Waals surface area contributed by atoms with E-state index in [1.165, 1.54) is 40.2 Å². The highest BCUT2D eigenvalue weighted by molar-refractivity contribution is 6.07. The molecule has 1 atom stereocenters. The first-order valence-electron chi connectivity index (χ1n) is 9.34. The lowest BCUT2D eigenvalue weighted by Crippen LogP contribution is -2.41. The summed E-state index contributed by atoms with van der Waals surface area (Å²) in [6, 6.07) is 12.3. The Morgan fingerprint density at radius 2 is 1.97 bits per heavy atom. The largest absolute Gasteiger partial charge is 0.494 e. The summed E-state index contributed by atoms with van der Waals surface area (Å²) in [6.07, 6.45) is 1.89. The number of benzene rings is 2. The van der Waals surface area contributed by atoms with E-state index in [1.807, 2.05) is 0 Å². The van der Waals surface area contributed by atoms with Crippen molar-refractivity contribution in [1.82, 2.24) is 30.4 Å². The van der Waals surface area contributed by atoms with E-state index in [-0.39, 0.29) is 24.9 Å². The Kier molecular flexibility index (Phi) is 5.13. The number of amides is 3. The number of aromatic nitrogens is 4. The molecule has 2 aromatic carbocycles. The van der Waals surface area contributed by atoms with Crippen molar-refractivity contribution >= 4 is 11.9 Å². The molecule has 2 heterocycles. The van der Waals surface area contributed by atoms with Crippen molar-refractivity contribution < 1.29 is 18.7 Å². The van der Waals surface area contributed by atoms with Gasteiger partial charge in [-0.2, -0.15) is 0 Å². The van der Waals surface area contributed by atoms with Crippen LogP contribution >= 0.6 is 0 Å². The molecule has 4 rings (SSSR count). The minimum atomic E-state index is -1.20. The van der Waals surface area contributed by atoms with Gasteiger partial charge in [-0.3, -0.25) is 9.69 Å². The van der Waals surface area contributed by atoms with E-state index >= 15 is 0 Å². The third-order valence-electron chi connectivity index (χ3n) is 4.92. The zero-order chi connectivity index (χ0) is 21.1. The fraction of sp³-hybridized carbons (Fsp3) is 0.250. The molecule has 1 fully saturated rings. The molecule has 10 heteroatoms. The van der Waals surface area contributed by atoms with Crippen molar-refractivity contribution in [3.63, 3.8) is 0 Å². The fourth-order valence-electron chi connectivity index (χ4n) is 3.28. The van der Waals surface area contributed by atoms with Gasteiger partial charge in [-0.05, 0) is 65.7 Å². The van der Waals surface area contributed by atoms with Gasteiger partial charge in [0, 0.05) is 6.54 Å². The number of carbonyl (C=O) groups excluding carboxylic acids is 2. The van der Waals surface area contributed by atoms with Crippen LogP contribution in [0.4, 0.5) is 9.18 Å². The third kappa shape index (κ3) is 3.71. The van der Waals surface area contributed by atoms with Gasteiger partial charge in [0.1, 0.15) is 23.4 Å². The molecule has 30 heavy (non-hydrogen) atoms. The van der Waals surface area contributed by atoms with Gasteiger partial charge < -0.3 is 10.1 Å². The van der Waals surface area contributed by atoms with E-state index in [9.17, 15) is 14.0 Å².